The van der Waals surface area contributed by atoms with Gasteiger partial charge in [0.05, 0.1) is 30.0 Å². The molecule has 3 amide bonds. The Bertz CT molecular complexity index is 2430. The van der Waals surface area contributed by atoms with E-state index in [1.165, 1.54) is 5.01 Å². The highest BCUT2D eigenvalue weighted by atomic mass is 16.5. The van der Waals surface area contributed by atoms with Gasteiger partial charge < -0.3 is 34.3 Å². The number of carbonyl (C=O) groups is 4. The highest BCUT2D eigenvalue weighted by Gasteiger charge is 2.48. The van der Waals surface area contributed by atoms with E-state index in [1.54, 1.807) is 25.3 Å². The Morgan fingerprint density at radius 1 is 0.984 bits per heavy atom. The number of hydrogen-bond acceptors (Lipinski definition) is 10. The minimum absolute atomic E-state index is 0.0869. The molecule has 4 aromatic rings. The molecule has 5 aliphatic rings. The van der Waals surface area contributed by atoms with E-state index in [9.17, 15) is 19.2 Å². The van der Waals surface area contributed by atoms with Crippen LogP contribution in [0.15, 0.2) is 54.7 Å². The van der Waals surface area contributed by atoms with Crippen molar-refractivity contribution < 1.29 is 33.4 Å². The van der Waals surface area contributed by atoms with Crippen LogP contribution in [0, 0.1) is 17.3 Å². The van der Waals surface area contributed by atoms with Crippen molar-refractivity contribution in [3.63, 3.8) is 0 Å². The summed E-state index contributed by atoms with van der Waals surface area (Å²) in [5, 5.41) is 9.09. The lowest BCUT2D eigenvalue weighted by Crippen LogP contribution is -2.62. The number of aromatic nitrogens is 2. The first-order valence-electron chi connectivity index (χ1n) is 22.3. The number of carbonyl (C=O) groups excluding carboxylic acids is 4. The predicted molar refractivity (Wildman–Crippen MR) is 234 cm³/mol. The molecule has 62 heavy (non-hydrogen) atoms. The first-order chi connectivity index (χ1) is 29.8. The number of rotatable bonds is 3. The summed E-state index contributed by atoms with van der Waals surface area (Å²) in [5.74, 6) is -1.69. The number of fused-ring (bicyclic) bond motifs is 10. The van der Waals surface area contributed by atoms with Crippen molar-refractivity contribution in [2.75, 3.05) is 40.5 Å². The lowest BCUT2D eigenvalue weighted by atomic mass is 9.67. The maximum Gasteiger partial charge on any atom is 0.324 e. The first kappa shape index (κ1) is 42.0. The summed E-state index contributed by atoms with van der Waals surface area (Å²) in [7, 11) is 3.39. The molecule has 8 bridgehead atoms. The molecule has 14 nitrogen and oxygen atoms in total. The van der Waals surface area contributed by atoms with Gasteiger partial charge in [-0.1, -0.05) is 39.8 Å². The van der Waals surface area contributed by atoms with E-state index in [-0.39, 0.29) is 49.3 Å². The first-order valence-corrected chi connectivity index (χ1v) is 22.3. The lowest BCUT2D eigenvalue weighted by Gasteiger charge is -2.42. The molecule has 0 radical (unpaired) electrons. The molecule has 7 atom stereocenters. The molecule has 2 aromatic carbocycles. The van der Waals surface area contributed by atoms with E-state index in [2.05, 4.69) is 71.7 Å². The molecule has 1 aliphatic carbocycles. The zero-order valence-corrected chi connectivity index (χ0v) is 36.8. The quantitative estimate of drug-likeness (QED) is 0.236. The number of aryl methyl sites for hydroxylation is 1. The second kappa shape index (κ2) is 16.4. The third kappa shape index (κ3) is 7.23. The molecule has 2 aromatic heterocycles. The van der Waals surface area contributed by atoms with Gasteiger partial charge in [0.2, 0.25) is 11.8 Å². The molecule has 6 heterocycles. The summed E-state index contributed by atoms with van der Waals surface area (Å²) in [4.78, 5) is 64.0. The van der Waals surface area contributed by atoms with Crippen LogP contribution in [0.2, 0.25) is 0 Å². The minimum Gasteiger partial charge on any atom is -0.492 e. The largest absolute Gasteiger partial charge is 0.492 e. The summed E-state index contributed by atoms with van der Waals surface area (Å²) < 4.78 is 21.6. The molecular weight excluding hydrogens is 787 g/mol. The molecule has 0 saturated carbocycles. The van der Waals surface area contributed by atoms with Crippen molar-refractivity contribution in [2.24, 2.45) is 17.3 Å². The van der Waals surface area contributed by atoms with Crippen LogP contribution in [0.4, 0.5) is 0 Å². The average Bonchev–Trinajstić information content (AvgIpc) is 3.87. The summed E-state index contributed by atoms with van der Waals surface area (Å²) in [6.45, 7) is 12.2. The normalized spacial score (nSPS) is 27.6. The Kier molecular flexibility index (Phi) is 11.1. The number of nitrogens with one attached hydrogen (secondary N) is 3. The summed E-state index contributed by atoms with van der Waals surface area (Å²) in [6.07, 6.45) is 3.14. The number of amides is 3. The van der Waals surface area contributed by atoms with E-state index in [0.717, 1.165) is 50.1 Å². The SMILES string of the molecule is CCn1c2c3c4cc(ccc41)-c1cc4cc(c1)OC[C@H]1NCC[C@@H]1C(=O)N(C)[C@@H](C(C)C)C(=O)NC(C4)C(=O)N1CCC[C@H](N1)C(=O)OCC(C)(C)C3[C@H](OC)c1ncccc1-2. The van der Waals surface area contributed by atoms with Crippen LogP contribution in [0.3, 0.4) is 0 Å². The second-order valence-electron chi connectivity index (χ2n) is 18.8. The molecule has 2 fully saturated rings. The third-order valence-electron chi connectivity index (χ3n) is 13.9. The van der Waals surface area contributed by atoms with Gasteiger partial charge in [-0.2, -0.15) is 0 Å². The Labute approximate surface area is 363 Å². The molecule has 3 N–H and O–H groups in total. The topological polar surface area (TPSA) is 156 Å². The number of hydrazine groups is 1. The van der Waals surface area contributed by atoms with E-state index in [4.69, 9.17) is 19.2 Å². The van der Waals surface area contributed by atoms with Gasteiger partial charge in [-0.25, -0.2) is 5.43 Å². The van der Waals surface area contributed by atoms with Gasteiger partial charge in [0, 0.05) is 67.7 Å². The van der Waals surface area contributed by atoms with Gasteiger partial charge in [0.1, 0.15) is 36.6 Å². The standard InChI is InChI=1S/C48H59N7O7/c1-8-54-37-14-13-28-23-33(37)38-39(43(60-7)40-32(42(38)54)11-9-16-50-40)48(4,5)25-62-47(59)34-12-10-18-55(52-34)46(58)35-21-27-19-29(28)22-30(20-27)61-24-36-31(15-17-49-36)45(57)53(6)41(26(2)3)44(56)51-35/h9,11,13-14,16,19-20,22-23,26,31,34-36,39,41,43,49,52H,8,10,12,15,17-18,21,24-25H2,1-7H3,(H,51,56)/t31-,34-,35?,36+,39?,41-,43-/m0/s1. The van der Waals surface area contributed by atoms with Crippen LogP contribution >= 0.6 is 0 Å². The minimum atomic E-state index is -1.03. The number of pyridine rings is 1. The van der Waals surface area contributed by atoms with Crippen molar-refractivity contribution in [2.45, 2.75) is 103 Å². The van der Waals surface area contributed by atoms with Gasteiger partial charge in [-0.3, -0.25) is 29.2 Å². The number of cyclic esters (lactones) is 1. The fourth-order valence-electron chi connectivity index (χ4n) is 10.9. The van der Waals surface area contributed by atoms with E-state index in [0.29, 0.717) is 44.6 Å². The van der Waals surface area contributed by atoms with Gasteiger partial charge in [-0.15, -0.1) is 0 Å². The molecular formula is C48H59N7O7. The van der Waals surface area contributed by atoms with Crippen LogP contribution < -0.4 is 20.8 Å². The maximum absolute atomic E-state index is 14.8. The smallest absolute Gasteiger partial charge is 0.324 e. The Hall–Kier alpha value is -5.31. The van der Waals surface area contributed by atoms with Gasteiger partial charge in [-0.05, 0) is 97.3 Å². The van der Waals surface area contributed by atoms with Crippen LogP contribution in [-0.2, 0) is 41.6 Å². The van der Waals surface area contributed by atoms with Crippen molar-refractivity contribution in [1.82, 2.24) is 35.5 Å². The van der Waals surface area contributed by atoms with Crippen LogP contribution in [0.5, 0.6) is 5.75 Å². The van der Waals surface area contributed by atoms with Crippen LogP contribution in [-0.4, -0.2) is 108 Å². The lowest BCUT2D eigenvalue weighted by molar-refractivity contribution is -0.156. The highest BCUT2D eigenvalue weighted by molar-refractivity contribution is 5.97. The number of esters is 1. The third-order valence-corrected chi connectivity index (χ3v) is 13.9. The van der Waals surface area contributed by atoms with E-state index in [1.807, 2.05) is 32.0 Å². The number of hydrogen-bond donors (Lipinski definition) is 3. The van der Waals surface area contributed by atoms with Crippen molar-refractivity contribution in [3.05, 3.63) is 71.5 Å². The molecule has 14 heteroatoms. The Morgan fingerprint density at radius 3 is 2.58 bits per heavy atom. The van der Waals surface area contributed by atoms with E-state index < -0.39 is 47.4 Å². The Morgan fingerprint density at radius 2 is 1.81 bits per heavy atom. The zero-order chi connectivity index (χ0) is 43.6. The van der Waals surface area contributed by atoms with Crippen molar-refractivity contribution >= 4 is 34.6 Å². The monoisotopic (exact) mass is 845 g/mol. The molecule has 328 valence electrons. The number of likely N-dealkylation sites (N-methyl/N-ethyl adjacent to an activating group) is 1. The number of nitrogens with zero attached hydrogens (tertiary/aromatic N) is 4. The highest BCUT2D eigenvalue weighted by Crippen LogP contribution is 2.57. The maximum atomic E-state index is 14.8. The average molecular weight is 846 g/mol. The summed E-state index contributed by atoms with van der Waals surface area (Å²) >= 11 is 0. The molecule has 4 aliphatic heterocycles. The second-order valence-corrected chi connectivity index (χ2v) is 18.8. The van der Waals surface area contributed by atoms with E-state index >= 15 is 0 Å². The number of benzene rings is 2. The van der Waals surface area contributed by atoms with Crippen molar-refractivity contribution in [1.29, 1.82) is 0 Å². The van der Waals surface area contributed by atoms with Crippen molar-refractivity contribution in [3.8, 4) is 28.1 Å². The van der Waals surface area contributed by atoms with Gasteiger partial charge in [0.25, 0.3) is 5.91 Å². The molecule has 2 unspecified atom stereocenters. The summed E-state index contributed by atoms with van der Waals surface area (Å²) in [5.41, 5.74) is 10.3. The number of ether oxygens (including phenoxy) is 3. The van der Waals surface area contributed by atoms with Gasteiger partial charge in [0.15, 0.2) is 0 Å². The predicted octanol–water partition coefficient (Wildman–Crippen LogP) is 5.13. The van der Waals surface area contributed by atoms with Crippen LogP contribution in [0.1, 0.15) is 82.7 Å². The fraction of sp³-hybridized carbons (Fsp3) is 0.521. The molecule has 2 saturated heterocycles. The number of methoxy groups -OCH3 is 1. The zero-order valence-electron chi connectivity index (χ0n) is 36.8. The van der Waals surface area contributed by atoms with Crippen LogP contribution in [0.25, 0.3) is 33.3 Å². The molecule has 0 spiro atoms. The molecule has 9 rings (SSSR count). The summed E-state index contributed by atoms with van der Waals surface area (Å²) in [6, 6.07) is 13.7. The van der Waals surface area contributed by atoms with Gasteiger partial charge >= 0.3 is 5.97 Å². The Balaban J connectivity index is 1.26. The fourth-order valence-corrected chi connectivity index (χ4v) is 10.9.